The summed E-state index contributed by atoms with van der Waals surface area (Å²) in [6, 6.07) is 8.99. The molecule has 0 N–H and O–H groups in total. The molecule has 0 radical (unpaired) electrons. The zero-order valence-corrected chi connectivity index (χ0v) is 11.1. The van der Waals surface area contributed by atoms with Crippen molar-refractivity contribution in [3.8, 4) is 0 Å². The molecule has 0 atom stereocenters. The Morgan fingerprint density at radius 2 is 1.79 bits per heavy atom. The molecule has 0 saturated heterocycles. The van der Waals surface area contributed by atoms with Crippen LogP contribution in [0.5, 0.6) is 0 Å². The van der Waals surface area contributed by atoms with Crippen molar-refractivity contribution in [1.82, 2.24) is 9.78 Å². The van der Waals surface area contributed by atoms with Crippen LogP contribution in [-0.2, 0) is 13.5 Å². The maximum atomic E-state index is 12.0. The van der Waals surface area contributed by atoms with E-state index in [4.69, 9.17) is 0 Å². The van der Waals surface area contributed by atoms with Crippen LogP contribution in [0.1, 0.15) is 39.8 Å². The largest absolute Gasteiger partial charge is 0.294 e. The number of hydrogen-bond acceptors (Lipinski definition) is 3. The fourth-order valence-corrected chi connectivity index (χ4v) is 1.83. The second kappa shape index (κ2) is 5.61. The minimum absolute atomic E-state index is 0.136. The highest BCUT2D eigenvalue weighted by Crippen LogP contribution is 2.10. The average molecular weight is 256 g/mol. The highest BCUT2D eigenvalue weighted by Gasteiger charge is 2.15. The van der Waals surface area contributed by atoms with Crippen molar-refractivity contribution in [2.45, 2.75) is 19.8 Å². The Balaban J connectivity index is 2.06. The number of rotatable bonds is 5. The minimum atomic E-state index is -0.245. The molecule has 0 aliphatic rings. The molecule has 0 amide bonds. The molecule has 0 bridgehead atoms. The molecule has 0 aliphatic heterocycles. The molecule has 1 aromatic carbocycles. The van der Waals surface area contributed by atoms with Crippen molar-refractivity contribution in [3.63, 3.8) is 0 Å². The lowest BCUT2D eigenvalue weighted by Gasteiger charge is -2.01. The summed E-state index contributed by atoms with van der Waals surface area (Å²) in [7, 11) is 1.74. The number of aryl methyl sites for hydroxylation is 2. The summed E-state index contributed by atoms with van der Waals surface area (Å²) in [5.41, 5.74) is 2.08. The molecule has 98 valence electrons. The van der Waals surface area contributed by atoms with Crippen LogP contribution in [0.3, 0.4) is 0 Å². The molecular weight excluding hydrogens is 240 g/mol. The van der Waals surface area contributed by atoms with Crippen LogP contribution < -0.4 is 0 Å². The van der Waals surface area contributed by atoms with E-state index in [-0.39, 0.29) is 18.0 Å². The minimum Gasteiger partial charge on any atom is -0.294 e. The van der Waals surface area contributed by atoms with E-state index in [9.17, 15) is 9.59 Å². The van der Waals surface area contributed by atoms with Crippen LogP contribution in [0.4, 0.5) is 0 Å². The van der Waals surface area contributed by atoms with Gasteiger partial charge in [-0.25, -0.2) is 0 Å². The van der Waals surface area contributed by atoms with E-state index in [1.807, 2.05) is 12.1 Å². The van der Waals surface area contributed by atoms with Crippen LogP contribution in [0.15, 0.2) is 36.5 Å². The predicted molar refractivity (Wildman–Crippen MR) is 72.3 cm³/mol. The first-order valence-corrected chi connectivity index (χ1v) is 6.25. The number of carbonyl (C=O) groups excluding carboxylic acids is 2. The third kappa shape index (κ3) is 3.16. The van der Waals surface area contributed by atoms with Gasteiger partial charge >= 0.3 is 0 Å². The number of benzene rings is 1. The lowest BCUT2D eigenvalue weighted by Crippen LogP contribution is -2.09. The van der Waals surface area contributed by atoms with E-state index in [0.29, 0.717) is 11.3 Å². The summed E-state index contributed by atoms with van der Waals surface area (Å²) in [5.74, 6) is -0.413. The fraction of sp³-hybridized carbons (Fsp3) is 0.267. The van der Waals surface area contributed by atoms with Crippen molar-refractivity contribution in [2.75, 3.05) is 0 Å². The lowest BCUT2D eigenvalue weighted by atomic mass is 10.0. The molecule has 2 aromatic rings. The van der Waals surface area contributed by atoms with Crippen molar-refractivity contribution >= 4 is 11.6 Å². The van der Waals surface area contributed by atoms with Crippen LogP contribution in [-0.4, -0.2) is 21.3 Å². The van der Waals surface area contributed by atoms with Gasteiger partial charge in [-0.3, -0.25) is 14.3 Å². The summed E-state index contributed by atoms with van der Waals surface area (Å²) < 4.78 is 1.55. The summed E-state index contributed by atoms with van der Waals surface area (Å²) in [6.45, 7) is 2.06. The lowest BCUT2D eigenvalue weighted by molar-refractivity contribution is 0.0891. The number of carbonyl (C=O) groups is 2. The van der Waals surface area contributed by atoms with Gasteiger partial charge in [0.2, 0.25) is 0 Å². The van der Waals surface area contributed by atoms with Gasteiger partial charge in [-0.15, -0.1) is 0 Å². The quantitative estimate of drug-likeness (QED) is 0.610. The number of hydrogen-bond donors (Lipinski definition) is 0. The third-order valence-electron chi connectivity index (χ3n) is 3.00. The molecule has 0 fully saturated rings. The van der Waals surface area contributed by atoms with Crippen LogP contribution in [0.25, 0.3) is 0 Å². The van der Waals surface area contributed by atoms with Gasteiger partial charge in [0.25, 0.3) is 0 Å². The van der Waals surface area contributed by atoms with Gasteiger partial charge in [0.15, 0.2) is 11.6 Å². The summed E-state index contributed by atoms with van der Waals surface area (Å²) in [6.07, 6.45) is 2.48. The molecule has 2 rings (SSSR count). The van der Waals surface area contributed by atoms with Gasteiger partial charge in [-0.2, -0.15) is 5.10 Å². The molecular formula is C15H16N2O2. The molecule has 1 heterocycles. The Morgan fingerprint density at radius 3 is 2.32 bits per heavy atom. The average Bonchev–Trinajstić information content (AvgIpc) is 2.85. The Labute approximate surface area is 112 Å². The molecule has 19 heavy (non-hydrogen) atoms. The molecule has 0 aliphatic carbocycles. The van der Waals surface area contributed by atoms with E-state index in [0.717, 1.165) is 6.42 Å². The maximum Gasteiger partial charge on any atom is 0.190 e. The van der Waals surface area contributed by atoms with Crippen molar-refractivity contribution in [1.29, 1.82) is 0 Å². The molecule has 1 aromatic heterocycles. The van der Waals surface area contributed by atoms with Crippen LogP contribution >= 0.6 is 0 Å². The summed E-state index contributed by atoms with van der Waals surface area (Å²) >= 11 is 0. The monoisotopic (exact) mass is 256 g/mol. The maximum absolute atomic E-state index is 12.0. The van der Waals surface area contributed by atoms with E-state index in [2.05, 4.69) is 12.0 Å². The van der Waals surface area contributed by atoms with Crippen LogP contribution in [0, 0.1) is 0 Å². The SMILES string of the molecule is CCc1ccc(C(=O)CC(=O)c2ccn(C)n2)cc1. The van der Waals surface area contributed by atoms with Crippen molar-refractivity contribution < 1.29 is 9.59 Å². The zero-order chi connectivity index (χ0) is 13.8. The normalized spacial score (nSPS) is 10.4. The number of aromatic nitrogens is 2. The van der Waals surface area contributed by atoms with Gasteiger partial charge < -0.3 is 0 Å². The molecule has 4 heteroatoms. The van der Waals surface area contributed by atoms with E-state index in [1.165, 1.54) is 5.56 Å². The van der Waals surface area contributed by atoms with E-state index in [1.54, 1.807) is 36.1 Å². The molecule has 0 saturated carbocycles. The van der Waals surface area contributed by atoms with E-state index < -0.39 is 0 Å². The second-order valence-electron chi connectivity index (χ2n) is 4.45. The zero-order valence-electron chi connectivity index (χ0n) is 11.1. The fourth-order valence-electron chi connectivity index (χ4n) is 1.83. The Kier molecular flexibility index (Phi) is 3.90. The van der Waals surface area contributed by atoms with Gasteiger partial charge in [0, 0.05) is 18.8 Å². The Bertz CT molecular complexity index is 597. The van der Waals surface area contributed by atoms with Gasteiger partial charge in [-0.05, 0) is 18.1 Å². The van der Waals surface area contributed by atoms with Crippen LogP contribution in [0.2, 0.25) is 0 Å². The first-order chi connectivity index (χ1) is 9.10. The van der Waals surface area contributed by atoms with Crippen molar-refractivity contribution in [2.24, 2.45) is 7.05 Å². The number of Topliss-reactive ketones (excluding diaryl/α,β-unsaturated/α-hetero) is 2. The van der Waals surface area contributed by atoms with E-state index >= 15 is 0 Å². The second-order valence-corrected chi connectivity index (χ2v) is 4.45. The van der Waals surface area contributed by atoms with Gasteiger partial charge in [0.05, 0.1) is 6.42 Å². The highest BCUT2D eigenvalue weighted by molar-refractivity contribution is 6.12. The molecule has 4 nitrogen and oxygen atoms in total. The Morgan fingerprint density at radius 1 is 1.11 bits per heavy atom. The number of ketones is 2. The standard InChI is InChI=1S/C15H16N2O2/c1-3-11-4-6-12(7-5-11)14(18)10-15(19)13-8-9-17(2)16-13/h4-9H,3,10H2,1-2H3. The van der Waals surface area contributed by atoms with Crippen molar-refractivity contribution in [3.05, 3.63) is 53.3 Å². The topological polar surface area (TPSA) is 52.0 Å². The molecule has 0 spiro atoms. The number of nitrogens with zero attached hydrogens (tertiary/aromatic N) is 2. The third-order valence-corrected chi connectivity index (χ3v) is 3.00. The predicted octanol–water partition coefficient (Wildman–Crippen LogP) is 2.44. The first-order valence-electron chi connectivity index (χ1n) is 6.25. The smallest absolute Gasteiger partial charge is 0.190 e. The van der Waals surface area contributed by atoms with Gasteiger partial charge in [-0.1, -0.05) is 31.2 Å². The highest BCUT2D eigenvalue weighted by atomic mass is 16.1. The van der Waals surface area contributed by atoms with Gasteiger partial charge in [0.1, 0.15) is 5.69 Å². The molecule has 0 unspecified atom stereocenters. The first kappa shape index (κ1) is 13.2. The summed E-state index contributed by atoms with van der Waals surface area (Å²) in [5, 5.41) is 4.00. The Hall–Kier alpha value is -2.23. The summed E-state index contributed by atoms with van der Waals surface area (Å²) in [4.78, 5) is 23.8.